The average Bonchev–Trinajstić information content (AvgIpc) is 0.764. The minimum atomic E-state index is -6.39. The Bertz CT molecular complexity index is 3260. The van der Waals surface area contributed by atoms with Crippen molar-refractivity contribution in [3.63, 3.8) is 0 Å². The van der Waals surface area contributed by atoms with Gasteiger partial charge in [0.05, 0.1) is 43.1 Å². The van der Waals surface area contributed by atoms with Gasteiger partial charge in [-0.3, -0.25) is 9.59 Å². The van der Waals surface area contributed by atoms with Crippen LogP contribution >= 0.6 is 0 Å². The number of halogens is 10. The lowest BCUT2D eigenvalue weighted by molar-refractivity contribution is -0.364. The largest absolute Gasteiger partial charge is 0.748 e. The van der Waals surface area contributed by atoms with Gasteiger partial charge in [-0.2, -0.15) is 26.3 Å². The van der Waals surface area contributed by atoms with Crippen molar-refractivity contribution in [3.8, 4) is 5.75 Å². The minimum Gasteiger partial charge on any atom is -0.748 e. The molecular formula is C67H73F10O7S3+. The van der Waals surface area contributed by atoms with Gasteiger partial charge in [-0.15, -0.1) is 0 Å². The smallest absolute Gasteiger partial charge is 0.438 e. The topological polar surface area (TPSA) is 110 Å². The summed E-state index contributed by atoms with van der Waals surface area (Å²) in [7, 11) is -6.61. The van der Waals surface area contributed by atoms with Crippen LogP contribution in [0, 0.1) is 23.2 Å². The summed E-state index contributed by atoms with van der Waals surface area (Å²) in [6.45, 7) is 20.2. The van der Waals surface area contributed by atoms with Crippen LogP contribution in [0.15, 0.2) is 187 Å². The van der Waals surface area contributed by atoms with Gasteiger partial charge in [-0.1, -0.05) is 135 Å². The predicted octanol–water partition coefficient (Wildman–Crippen LogP) is 17.5. The molecule has 20 heteroatoms. The van der Waals surface area contributed by atoms with E-state index < -0.39 is 86.4 Å². The summed E-state index contributed by atoms with van der Waals surface area (Å²) >= 11 is 0. The molecule has 0 radical (unpaired) electrons. The molecule has 6 aromatic rings. The number of hydrogen-bond donors (Lipinski definition) is 0. The van der Waals surface area contributed by atoms with Crippen LogP contribution in [-0.2, 0) is 62.5 Å². The van der Waals surface area contributed by atoms with E-state index in [2.05, 4.69) is 201 Å². The maximum Gasteiger partial charge on any atom is 0.438 e. The van der Waals surface area contributed by atoms with Crippen LogP contribution in [0.1, 0.15) is 118 Å². The third kappa shape index (κ3) is 16.5. The highest BCUT2D eigenvalue weighted by atomic mass is 32.2. The SMILES string of the molecule is CC(C)(C)c1ccc([S+](c2ccc(OC(C(F)F)C(C)(F)F)cc2)c2ccc(C(C)(C)C)cc2)cc1.CC(C)(C)c1ccc([S+](c2ccccc2)c2ccccc2)cc1.O=C1C2CC3CC1CC(C(=O)OC(CS(=O)(=O)[O-])(C(F)(F)F)C(F)(F)F)(C3)C2. The first-order valence-corrected chi connectivity index (χ1v) is 32.3. The van der Waals surface area contributed by atoms with Crippen molar-refractivity contribution in [3.05, 3.63) is 174 Å². The van der Waals surface area contributed by atoms with E-state index >= 15 is 0 Å². The normalized spacial score (nSPS) is 19.5. The van der Waals surface area contributed by atoms with E-state index in [0.717, 1.165) is 14.7 Å². The van der Waals surface area contributed by atoms with Crippen molar-refractivity contribution in [2.24, 2.45) is 23.2 Å². The molecule has 4 saturated carbocycles. The second kappa shape index (κ2) is 25.9. The van der Waals surface area contributed by atoms with Crippen molar-refractivity contribution in [2.45, 2.75) is 183 Å². The Morgan fingerprint density at radius 3 is 1.14 bits per heavy atom. The van der Waals surface area contributed by atoms with Crippen LogP contribution < -0.4 is 4.74 Å². The van der Waals surface area contributed by atoms with Crippen molar-refractivity contribution in [1.82, 2.24) is 0 Å². The van der Waals surface area contributed by atoms with Crippen LogP contribution in [0.5, 0.6) is 5.75 Å². The van der Waals surface area contributed by atoms with Gasteiger partial charge < -0.3 is 14.0 Å². The third-order valence-electron chi connectivity index (χ3n) is 15.9. The lowest BCUT2D eigenvalue weighted by atomic mass is 9.49. The van der Waals surface area contributed by atoms with E-state index in [0.29, 0.717) is 19.8 Å². The predicted molar refractivity (Wildman–Crippen MR) is 317 cm³/mol. The first kappa shape index (κ1) is 68.7. The van der Waals surface area contributed by atoms with E-state index in [1.54, 1.807) is 12.1 Å². The molecule has 4 aliphatic carbocycles. The number of benzene rings is 6. The van der Waals surface area contributed by atoms with Crippen LogP contribution in [0.4, 0.5) is 43.9 Å². The highest BCUT2D eigenvalue weighted by Gasteiger charge is 2.76. The average molecular weight is 1280 g/mol. The number of ketones is 1. The summed E-state index contributed by atoms with van der Waals surface area (Å²) in [5.74, 6) is -10.2. The number of Topliss-reactive ketones (excluding diaryl/α,β-unsaturated/α-hetero) is 1. The first-order chi connectivity index (χ1) is 40.1. The number of rotatable bonds is 14. The van der Waals surface area contributed by atoms with E-state index in [1.165, 1.54) is 43.5 Å². The Morgan fingerprint density at radius 2 is 0.851 bits per heavy atom. The number of hydrogen-bond acceptors (Lipinski definition) is 7. The van der Waals surface area contributed by atoms with Crippen LogP contribution in [0.3, 0.4) is 0 Å². The van der Waals surface area contributed by atoms with Gasteiger partial charge in [0, 0.05) is 18.8 Å². The highest BCUT2D eigenvalue weighted by molar-refractivity contribution is 7.97. The molecule has 3 unspecified atom stereocenters. The standard InChI is InChI=1S/C30H35F4OS.C22H23S.C15H16F6O6S/c1-28(2,3)20-8-14-23(15-9-20)36(24-16-10-21(11-17-24)29(4,5)6)25-18-12-22(13-19-25)35-26(27(31)32)30(7,33)34;1-22(2,3)18-14-16-21(17-15-18)23(19-10-6-4-7-11-19)20-12-8-5-9-13-20;16-14(17,18)13(15(19,20)21,6-28(24,25)26)27-11(23)12-3-7-1-8(4-12)10(22)9(2-7)5-12/h8-19,26-27H,1-7H3;4-17H,1-3H3;7-9H,1-6H2,(H,24,25,26)/q2*+1;/p-1. The maximum atomic E-state index is 13.6. The molecule has 0 aromatic heterocycles. The van der Waals surface area contributed by atoms with E-state index in [-0.39, 0.29) is 63.9 Å². The van der Waals surface area contributed by atoms with E-state index in [1.807, 2.05) is 0 Å². The van der Waals surface area contributed by atoms with Gasteiger partial charge in [-0.25, -0.2) is 26.0 Å². The summed E-state index contributed by atoms with van der Waals surface area (Å²) in [4.78, 5) is 31.9. The molecule has 87 heavy (non-hydrogen) atoms. The lowest BCUT2D eigenvalue weighted by Crippen LogP contribution is -2.65. The second-order valence-electron chi connectivity index (χ2n) is 25.8. The van der Waals surface area contributed by atoms with E-state index in [4.69, 9.17) is 4.74 Å². The van der Waals surface area contributed by atoms with Gasteiger partial charge in [0.2, 0.25) is 6.10 Å². The van der Waals surface area contributed by atoms with Gasteiger partial charge in [0.1, 0.15) is 11.5 Å². The van der Waals surface area contributed by atoms with Crippen LogP contribution in [0.25, 0.3) is 0 Å². The zero-order chi connectivity index (χ0) is 64.5. The molecule has 470 valence electrons. The van der Waals surface area contributed by atoms with Crippen molar-refractivity contribution in [2.75, 3.05) is 5.75 Å². The van der Waals surface area contributed by atoms with Crippen LogP contribution in [-0.4, -0.2) is 66.9 Å². The molecule has 0 N–H and O–H groups in total. The van der Waals surface area contributed by atoms with Gasteiger partial charge in [-0.05, 0) is 156 Å². The summed E-state index contributed by atoms with van der Waals surface area (Å²) in [6.07, 6.45) is -18.3. The second-order valence-corrected chi connectivity index (χ2v) is 31.3. The lowest BCUT2D eigenvalue weighted by Gasteiger charge is -2.54. The quantitative estimate of drug-likeness (QED) is 0.0462. The Hall–Kier alpha value is -5.83. The van der Waals surface area contributed by atoms with Crippen LogP contribution in [0.2, 0.25) is 0 Å². The zero-order valence-electron chi connectivity index (χ0n) is 50.0. The minimum absolute atomic E-state index is 0.0136. The molecule has 0 spiro atoms. The number of carbonyl (C=O) groups excluding carboxylic acids is 2. The number of carbonyl (C=O) groups is 2. The molecule has 6 aromatic carbocycles. The number of alkyl halides is 10. The fraction of sp³-hybridized carbons (Fsp3) is 0.433. The fourth-order valence-corrected chi connectivity index (χ4v) is 16.4. The number of ether oxygens (including phenoxy) is 2. The maximum absolute atomic E-state index is 13.6. The van der Waals surface area contributed by atoms with Crippen molar-refractivity contribution >= 4 is 43.7 Å². The highest BCUT2D eigenvalue weighted by Crippen LogP contribution is 2.60. The molecule has 10 rings (SSSR count). The monoisotopic (exact) mass is 1280 g/mol. The molecule has 4 bridgehead atoms. The summed E-state index contributed by atoms with van der Waals surface area (Å²) in [5.41, 5.74) is -3.13. The Kier molecular flexibility index (Phi) is 20.5. The summed E-state index contributed by atoms with van der Waals surface area (Å²) in [5, 5.41) is 0. The Morgan fingerprint density at radius 1 is 0.529 bits per heavy atom. The molecule has 0 saturated heterocycles. The van der Waals surface area contributed by atoms with Gasteiger partial charge in [0.25, 0.3) is 12.3 Å². The van der Waals surface area contributed by atoms with Crippen molar-refractivity contribution < 1.29 is 75.9 Å². The molecule has 0 amide bonds. The summed E-state index contributed by atoms with van der Waals surface area (Å²) < 4.78 is 175. The molecule has 7 nitrogen and oxygen atoms in total. The van der Waals surface area contributed by atoms with Crippen molar-refractivity contribution in [1.29, 1.82) is 0 Å². The zero-order valence-corrected chi connectivity index (χ0v) is 52.5. The third-order valence-corrected chi connectivity index (χ3v) is 21.1. The molecule has 4 fully saturated rings. The molecule has 3 atom stereocenters. The van der Waals surface area contributed by atoms with E-state index in [9.17, 15) is 66.5 Å². The Labute approximate surface area is 509 Å². The Balaban J connectivity index is 0.000000191. The molecular weight excluding hydrogens is 1200 g/mol. The molecule has 0 aliphatic heterocycles. The molecule has 4 aliphatic rings. The fourth-order valence-electron chi connectivity index (χ4n) is 11.4. The van der Waals surface area contributed by atoms with Gasteiger partial charge in [0.15, 0.2) is 29.4 Å². The van der Waals surface area contributed by atoms with Gasteiger partial charge >= 0.3 is 23.9 Å². The number of esters is 1. The first-order valence-electron chi connectivity index (χ1n) is 28.3. The summed E-state index contributed by atoms with van der Waals surface area (Å²) in [6, 6.07) is 54.3. The molecule has 0 heterocycles.